The second kappa shape index (κ2) is 4.67. The summed E-state index contributed by atoms with van der Waals surface area (Å²) in [5.74, 6) is -0.0808. The molecule has 0 aliphatic rings. The van der Waals surface area contributed by atoms with Crippen LogP contribution in [0.2, 0.25) is 0 Å². The first-order valence-electron chi connectivity index (χ1n) is 4.75. The Labute approximate surface area is 101 Å². The number of hydrogen-bond donors (Lipinski definition) is 0. The molecule has 0 unspecified atom stereocenters. The van der Waals surface area contributed by atoms with Crippen molar-refractivity contribution in [3.63, 3.8) is 0 Å². The summed E-state index contributed by atoms with van der Waals surface area (Å²) in [5, 5.41) is 0.518. The van der Waals surface area contributed by atoms with Crippen molar-refractivity contribution in [3.8, 4) is 5.75 Å². The Morgan fingerprint density at radius 3 is 2.59 bits per heavy atom. The molecule has 2 nitrogen and oxygen atoms in total. The van der Waals surface area contributed by atoms with Crippen LogP contribution in [0.25, 0.3) is 10.8 Å². The predicted octanol–water partition coefficient (Wildman–Crippen LogP) is 3.82. The van der Waals surface area contributed by atoms with E-state index in [4.69, 9.17) is 11.6 Å². The molecule has 0 saturated heterocycles. The summed E-state index contributed by atoms with van der Waals surface area (Å²) in [4.78, 5) is 11.2. The van der Waals surface area contributed by atoms with Crippen LogP contribution in [0.1, 0.15) is 10.4 Å². The number of carbonyl (C=O) groups is 1. The summed E-state index contributed by atoms with van der Waals surface area (Å²) in [7, 11) is 0. The minimum Gasteiger partial charge on any atom is -0.435 e. The molecule has 2 rings (SSSR count). The van der Waals surface area contributed by atoms with Crippen LogP contribution < -0.4 is 4.74 Å². The number of fused-ring (bicyclic) bond motifs is 1. The number of benzene rings is 2. The molecule has 0 heterocycles. The minimum absolute atomic E-state index is 0.0808. The van der Waals surface area contributed by atoms with Crippen molar-refractivity contribution >= 4 is 27.6 Å². The molecule has 0 amide bonds. The second-order valence-electron chi connectivity index (χ2n) is 3.34. The molecular formula is C12H7ClF2O2. The third-order valence-electron chi connectivity index (χ3n) is 2.27. The summed E-state index contributed by atoms with van der Waals surface area (Å²) < 4.78 is 28.5. The zero-order valence-electron chi connectivity index (χ0n) is 8.49. The lowest BCUT2D eigenvalue weighted by atomic mass is 10.0. The standard InChI is InChI=1S/C12H7ClF2O2/c13-11(16)10-6-8(17-12(14)15)5-7-3-1-2-4-9(7)10/h1-6,12H. The first-order chi connectivity index (χ1) is 8.08. The van der Waals surface area contributed by atoms with Gasteiger partial charge < -0.3 is 4.74 Å². The van der Waals surface area contributed by atoms with Gasteiger partial charge in [0.15, 0.2) is 0 Å². The molecule has 17 heavy (non-hydrogen) atoms. The highest BCUT2D eigenvalue weighted by Gasteiger charge is 2.12. The van der Waals surface area contributed by atoms with E-state index in [1.165, 1.54) is 12.1 Å². The average Bonchev–Trinajstić information content (AvgIpc) is 2.27. The predicted molar refractivity (Wildman–Crippen MR) is 60.8 cm³/mol. The van der Waals surface area contributed by atoms with Gasteiger partial charge in [0.05, 0.1) is 0 Å². The van der Waals surface area contributed by atoms with Crippen molar-refractivity contribution in [1.29, 1.82) is 0 Å². The number of rotatable bonds is 3. The Morgan fingerprint density at radius 2 is 1.94 bits per heavy atom. The van der Waals surface area contributed by atoms with Crippen LogP contribution >= 0.6 is 11.6 Å². The molecule has 0 N–H and O–H groups in total. The molecule has 0 bridgehead atoms. The lowest BCUT2D eigenvalue weighted by molar-refractivity contribution is -0.0497. The van der Waals surface area contributed by atoms with Crippen molar-refractivity contribution in [2.75, 3.05) is 0 Å². The third kappa shape index (κ3) is 2.53. The lowest BCUT2D eigenvalue weighted by Gasteiger charge is -2.08. The van der Waals surface area contributed by atoms with Crippen LogP contribution in [0.3, 0.4) is 0 Å². The van der Waals surface area contributed by atoms with Crippen molar-refractivity contribution in [1.82, 2.24) is 0 Å². The van der Waals surface area contributed by atoms with E-state index in [-0.39, 0.29) is 11.3 Å². The van der Waals surface area contributed by atoms with Gasteiger partial charge in [-0.15, -0.1) is 0 Å². The first-order valence-corrected chi connectivity index (χ1v) is 5.13. The third-order valence-corrected chi connectivity index (χ3v) is 2.48. The lowest BCUT2D eigenvalue weighted by Crippen LogP contribution is -2.03. The Bertz CT molecular complexity index is 569. The number of ether oxygens (including phenoxy) is 1. The molecule has 0 atom stereocenters. The van der Waals surface area contributed by atoms with E-state index in [9.17, 15) is 13.6 Å². The molecule has 2 aromatic carbocycles. The largest absolute Gasteiger partial charge is 0.435 e. The SMILES string of the molecule is O=C(Cl)c1cc(OC(F)F)cc2ccccc12. The van der Waals surface area contributed by atoms with Gasteiger partial charge in [-0.25, -0.2) is 0 Å². The fourth-order valence-corrected chi connectivity index (χ4v) is 1.77. The molecule has 0 aromatic heterocycles. The minimum atomic E-state index is -2.94. The fourth-order valence-electron chi connectivity index (χ4n) is 1.62. The summed E-state index contributed by atoms with van der Waals surface area (Å²) >= 11 is 5.41. The average molecular weight is 257 g/mol. The number of hydrogen-bond acceptors (Lipinski definition) is 2. The second-order valence-corrected chi connectivity index (χ2v) is 3.69. The zero-order chi connectivity index (χ0) is 12.4. The van der Waals surface area contributed by atoms with E-state index in [2.05, 4.69) is 4.74 Å². The molecule has 0 saturated carbocycles. The Hall–Kier alpha value is -1.68. The van der Waals surface area contributed by atoms with Crippen molar-refractivity contribution in [2.24, 2.45) is 0 Å². The van der Waals surface area contributed by atoms with Crippen LogP contribution in [0.4, 0.5) is 8.78 Å². The maximum absolute atomic E-state index is 12.1. The Kier molecular flexibility index (Phi) is 3.24. The van der Waals surface area contributed by atoms with E-state index in [0.29, 0.717) is 10.8 Å². The number of carbonyl (C=O) groups excluding carboxylic acids is 1. The van der Waals surface area contributed by atoms with E-state index in [0.717, 1.165) is 0 Å². The molecule has 0 aliphatic heterocycles. The van der Waals surface area contributed by atoms with Gasteiger partial charge in [0.25, 0.3) is 5.24 Å². The monoisotopic (exact) mass is 256 g/mol. The van der Waals surface area contributed by atoms with Crippen LogP contribution in [-0.4, -0.2) is 11.9 Å². The van der Waals surface area contributed by atoms with Gasteiger partial charge >= 0.3 is 6.61 Å². The van der Waals surface area contributed by atoms with Gasteiger partial charge in [-0.3, -0.25) is 4.79 Å². The summed E-state index contributed by atoms with van der Waals surface area (Å²) in [5.41, 5.74) is 0.153. The van der Waals surface area contributed by atoms with Gasteiger partial charge in [0, 0.05) is 5.56 Å². The maximum Gasteiger partial charge on any atom is 0.387 e. The summed E-state index contributed by atoms with van der Waals surface area (Å²) in [6.07, 6.45) is 0. The summed E-state index contributed by atoms with van der Waals surface area (Å²) in [6, 6.07) is 9.50. The Morgan fingerprint density at radius 1 is 1.24 bits per heavy atom. The molecule has 2 aromatic rings. The van der Waals surface area contributed by atoms with Crippen LogP contribution in [-0.2, 0) is 0 Å². The number of halogens is 3. The van der Waals surface area contributed by atoms with Gasteiger partial charge in [-0.05, 0) is 34.5 Å². The smallest absolute Gasteiger partial charge is 0.387 e. The van der Waals surface area contributed by atoms with E-state index < -0.39 is 11.9 Å². The molecule has 0 fully saturated rings. The topological polar surface area (TPSA) is 26.3 Å². The van der Waals surface area contributed by atoms with E-state index >= 15 is 0 Å². The highest BCUT2D eigenvalue weighted by molar-refractivity contribution is 6.68. The zero-order valence-corrected chi connectivity index (χ0v) is 9.25. The van der Waals surface area contributed by atoms with Crippen LogP contribution in [0.15, 0.2) is 36.4 Å². The normalized spacial score (nSPS) is 10.8. The van der Waals surface area contributed by atoms with Gasteiger partial charge in [0.1, 0.15) is 5.75 Å². The first kappa shape index (κ1) is 11.8. The molecule has 0 aliphatic carbocycles. The van der Waals surface area contributed by atoms with E-state index in [1.54, 1.807) is 24.3 Å². The van der Waals surface area contributed by atoms with Gasteiger partial charge in [0.2, 0.25) is 0 Å². The highest BCUT2D eigenvalue weighted by atomic mass is 35.5. The molecule has 5 heteroatoms. The molecule has 0 radical (unpaired) electrons. The maximum atomic E-state index is 12.1. The quantitative estimate of drug-likeness (QED) is 0.781. The molecule has 88 valence electrons. The Balaban J connectivity index is 2.63. The summed E-state index contributed by atoms with van der Waals surface area (Å²) in [6.45, 7) is -2.94. The van der Waals surface area contributed by atoms with Gasteiger partial charge in [-0.2, -0.15) is 8.78 Å². The molecular weight excluding hydrogens is 250 g/mol. The van der Waals surface area contributed by atoms with Crippen molar-refractivity contribution < 1.29 is 18.3 Å². The van der Waals surface area contributed by atoms with E-state index in [1.807, 2.05) is 0 Å². The van der Waals surface area contributed by atoms with Crippen molar-refractivity contribution in [2.45, 2.75) is 6.61 Å². The van der Waals surface area contributed by atoms with Crippen LogP contribution in [0, 0.1) is 0 Å². The fraction of sp³-hybridized carbons (Fsp3) is 0.0833. The number of alkyl halides is 2. The molecule has 0 spiro atoms. The highest BCUT2D eigenvalue weighted by Crippen LogP contribution is 2.27. The van der Waals surface area contributed by atoms with Crippen molar-refractivity contribution in [3.05, 3.63) is 42.0 Å². The van der Waals surface area contributed by atoms with Gasteiger partial charge in [-0.1, -0.05) is 24.3 Å². The van der Waals surface area contributed by atoms with Crippen LogP contribution in [0.5, 0.6) is 5.75 Å².